The smallest absolute Gasteiger partial charge is 0.236 e. The zero-order chi connectivity index (χ0) is 14.2. The van der Waals surface area contributed by atoms with E-state index < -0.39 is 0 Å². The van der Waals surface area contributed by atoms with Crippen molar-refractivity contribution in [3.05, 3.63) is 41.5 Å². The number of nitrogen functional groups attached to an aromatic ring is 1. The highest BCUT2D eigenvalue weighted by molar-refractivity contribution is 5.42. The molecule has 2 N–H and O–H groups in total. The van der Waals surface area contributed by atoms with E-state index in [0.29, 0.717) is 11.8 Å². The van der Waals surface area contributed by atoms with Crippen LogP contribution in [0.4, 0.5) is 5.69 Å². The molecule has 0 amide bonds. The molecule has 0 radical (unpaired) electrons. The molecule has 1 aromatic carbocycles. The van der Waals surface area contributed by atoms with Gasteiger partial charge in [0.2, 0.25) is 5.89 Å². The number of nitrogens with zero attached hydrogens (tertiary/aromatic N) is 2. The molecule has 1 aliphatic rings. The SMILES string of the molecule is CC(C)(c1ccc(N)cc1)c1nc(C2CCCC2)no1. The van der Waals surface area contributed by atoms with Crippen molar-refractivity contribution in [2.75, 3.05) is 5.73 Å². The minimum Gasteiger partial charge on any atom is -0.399 e. The molecule has 4 heteroatoms. The Morgan fingerprint density at radius 1 is 1.15 bits per heavy atom. The van der Waals surface area contributed by atoms with E-state index in [9.17, 15) is 0 Å². The summed E-state index contributed by atoms with van der Waals surface area (Å²) in [7, 11) is 0. The Kier molecular flexibility index (Phi) is 3.24. The molecule has 20 heavy (non-hydrogen) atoms. The predicted octanol–water partition coefficient (Wildman–Crippen LogP) is 3.64. The molecule has 0 atom stereocenters. The van der Waals surface area contributed by atoms with E-state index in [-0.39, 0.29) is 5.41 Å². The van der Waals surface area contributed by atoms with Crippen molar-refractivity contribution < 1.29 is 4.52 Å². The van der Waals surface area contributed by atoms with Crippen molar-refractivity contribution in [2.24, 2.45) is 0 Å². The number of hydrogen-bond donors (Lipinski definition) is 1. The Hall–Kier alpha value is -1.84. The van der Waals surface area contributed by atoms with E-state index in [1.54, 1.807) is 0 Å². The maximum absolute atomic E-state index is 5.74. The third kappa shape index (κ3) is 2.30. The van der Waals surface area contributed by atoms with Gasteiger partial charge in [0.15, 0.2) is 5.82 Å². The molecule has 1 fully saturated rings. The average molecular weight is 271 g/mol. The Labute approximate surface area is 119 Å². The monoisotopic (exact) mass is 271 g/mol. The molecule has 106 valence electrons. The Bertz CT molecular complexity index is 580. The van der Waals surface area contributed by atoms with Gasteiger partial charge in [0.25, 0.3) is 0 Å². The summed E-state index contributed by atoms with van der Waals surface area (Å²) >= 11 is 0. The van der Waals surface area contributed by atoms with Crippen molar-refractivity contribution in [1.82, 2.24) is 10.1 Å². The number of rotatable bonds is 3. The van der Waals surface area contributed by atoms with Gasteiger partial charge in [-0.3, -0.25) is 0 Å². The summed E-state index contributed by atoms with van der Waals surface area (Å²) in [6.45, 7) is 4.20. The van der Waals surface area contributed by atoms with Crippen LogP contribution in [0.15, 0.2) is 28.8 Å². The molecule has 3 rings (SSSR count). The summed E-state index contributed by atoms with van der Waals surface area (Å²) in [6.07, 6.45) is 4.91. The van der Waals surface area contributed by atoms with Crippen LogP contribution in [0.3, 0.4) is 0 Å². The average Bonchev–Trinajstić information content (AvgIpc) is 3.10. The van der Waals surface area contributed by atoms with Crippen LogP contribution in [0.5, 0.6) is 0 Å². The molecular weight excluding hydrogens is 250 g/mol. The summed E-state index contributed by atoms with van der Waals surface area (Å²) in [6, 6.07) is 7.86. The van der Waals surface area contributed by atoms with Crippen molar-refractivity contribution >= 4 is 5.69 Å². The Morgan fingerprint density at radius 2 is 1.80 bits per heavy atom. The maximum atomic E-state index is 5.74. The highest BCUT2D eigenvalue weighted by Gasteiger charge is 2.31. The fourth-order valence-electron chi connectivity index (χ4n) is 2.86. The van der Waals surface area contributed by atoms with Gasteiger partial charge in [0, 0.05) is 11.6 Å². The lowest BCUT2D eigenvalue weighted by atomic mass is 9.84. The van der Waals surface area contributed by atoms with E-state index in [0.717, 1.165) is 17.1 Å². The highest BCUT2D eigenvalue weighted by Crippen LogP contribution is 2.35. The van der Waals surface area contributed by atoms with Gasteiger partial charge in [-0.25, -0.2) is 0 Å². The van der Waals surface area contributed by atoms with Crippen molar-refractivity contribution in [3.63, 3.8) is 0 Å². The third-order valence-electron chi connectivity index (χ3n) is 4.33. The van der Waals surface area contributed by atoms with Gasteiger partial charge in [-0.15, -0.1) is 0 Å². The first kappa shape index (κ1) is 13.2. The lowest BCUT2D eigenvalue weighted by Gasteiger charge is -2.20. The van der Waals surface area contributed by atoms with E-state index in [1.807, 2.05) is 24.3 Å². The lowest BCUT2D eigenvalue weighted by Crippen LogP contribution is -2.19. The van der Waals surface area contributed by atoms with E-state index >= 15 is 0 Å². The summed E-state index contributed by atoms with van der Waals surface area (Å²) in [5, 5.41) is 4.20. The van der Waals surface area contributed by atoms with Crippen molar-refractivity contribution in [3.8, 4) is 0 Å². The molecule has 0 spiro atoms. The van der Waals surface area contributed by atoms with Crippen LogP contribution in [0, 0.1) is 0 Å². The van der Waals surface area contributed by atoms with Gasteiger partial charge >= 0.3 is 0 Å². The minimum absolute atomic E-state index is 0.294. The summed E-state index contributed by atoms with van der Waals surface area (Å²) in [5.74, 6) is 2.04. The van der Waals surface area contributed by atoms with Crippen LogP contribution >= 0.6 is 0 Å². The minimum atomic E-state index is -0.294. The number of benzene rings is 1. The van der Waals surface area contributed by atoms with Crippen LogP contribution in [0.25, 0.3) is 0 Å². The zero-order valence-corrected chi connectivity index (χ0v) is 12.1. The zero-order valence-electron chi connectivity index (χ0n) is 12.1. The lowest BCUT2D eigenvalue weighted by molar-refractivity contribution is 0.328. The molecule has 1 aromatic heterocycles. The van der Waals surface area contributed by atoms with E-state index in [4.69, 9.17) is 10.3 Å². The summed E-state index contributed by atoms with van der Waals surface area (Å²) in [4.78, 5) is 4.65. The van der Waals surface area contributed by atoms with Gasteiger partial charge in [0.1, 0.15) is 0 Å². The molecule has 4 nitrogen and oxygen atoms in total. The Morgan fingerprint density at radius 3 is 2.45 bits per heavy atom. The molecule has 1 saturated carbocycles. The van der Waals surface area contributed by atoms with Crippen molar-refractivity contribution in [2.45, 2.75) is 50.9 Å². The standard InChI is InChI=1S/C16H21N3O/c1-16(2,12-7-9-13(17)10-8-12)15-18-14(19-20-15)11-5-3-4-6-11/h7-11H,3-6,17H2,1-2H3. The molecular formula is C16H21N3O. The third-order valence-corrected chi connectivity index (χ3v) is 4.33. The predicted molar refractivity (Wildman–Crippen MR) is 78.5 cm³/mol. The molecule has 0 bridgehead atoms. The van der Waals surface area contributed by atoms with Gasteiger partial charge in [-0.1, -0.05) is 30.1 Å². The molecule has 0 unspecified atom stereocenters. The van der Waals surface area contributed by atoms with Crippen LogP contribution in [0.1, 0.15) is 62.7 Å². The summed E-state index contributed by atoms with van der Waals surface area (Å²) < 4.78 is 5.53. The molecule has 1 heterocycles. The van der Waals surface area contributed by atoms with E-state index in [2.05, 4.69) is 24.0 Å². The molecule has 1 aliphatic carbocycles. The van der Waals surface area contributed by atoms with Crippen LogP contribution in [0.2, 0.25) is 0 Å². The first-order valence-electron chi connectivity index (χ1n) is 7.27. The quantitative estimate of drug-likeness (QED) is 0.866. The second-order valence-electron chi connectivity index (χ2n) is 6.19. The van der Waals surface area contributed by atoms with Gasteiger partial charge in [0.05, 0.1) is 5.41 Å². The second-order valence-corrected chi connectivity index (χ2v) is 6.19. The topological polar surface area (TPSA) is 64.9 Å². The summed E-state index contributed by atoms with van der Waals surface area (Å²) in [5.41, 5.74) is 7.35. The number of hydrogen-bond acceptors (Lipinski definition) is 4. The fourth-order valence-corrected chi connectivity index (χ4v) is 2.86. The molecule has 0 aliphatic heterocycles. The number of nitrogens with two attached hydrogens (primary N) is 1. The highest BCUT2D eigenvalue weighted by atomic mass is 16.5. The number of anilines is 1. The van der Waals surface area contributed by atoms with Gasteiger partial charge in [-0.2, -0.15) is 4.98 Å². The second kappa shape index (κ2) is 4.93. The van der Waals surface area contributed by atoms with Crippen LogP contribution < -0.4 is 5.73 Å². The fraction of sp³-hybridized carbons (Fsp3) is 0.500. The van der Waals surface area contributed by atoms with E-state index in [1.165, 1.54) is 25.7 Å². The van der Waals surface area contributed by atoms with Crippen LogP contribution in [-0.4, -0.2) is 10.1 Å². The van der Waals surface area contributed by atoms with Gasteiger partial charge < -0.3 is 10.3 Å². The molecule has 2 aromatic rings. The first-order valence-corrected chi connectivity index (χ1v) is 7.27. The Balaban J connectivity index is 1.88. The van der Waals surface area contributed by atoms with Crippen LogP contribution in [-0.2, 0) is 5.41 Å². The normalized spacial score (nSPS) is 16.7. The van der Waals surface area contributed by atoms with Gasteiger partial charge in [-0.05, 0) is 44.4 Å². The first-order chi connectivity index (χ1) is 9.57. The largest absolute Gasteiger partial charge is 0.399 e. The molecule has 0 saturated heterocycles. The van der Waals surface area contributed by atoms with Crippen molar-refractivity contribution in [1.29, 1.82) is 0 Å². The maximum Gasteiger partial charge on any atom is 0.236 e. The number of aromatic nitrogens is 2.